The zero-order valence-electron chi connectivity index (χ0n) is 10.4. The average Bonchev–Trinajstić information content (AvgIpc) is 2.27. The van der Waals surface area contributed by atoms with Gasteiger partial charge in [-0.25, -0.2) is 13.2 Å². The number of aliphatic carboxylic acids is 1. The number of nitrogens with zero attached hydrogens (tertiary/aromatic N) is 1. The molecule has 104 valence electrons. The molecule has 0 aromatic rings. The van der Waals surface area contributed by atoms with Gasteiger partial charge in [0.2, 0.25) is 0 Å². The third-order valence-corrected chi connectivity index (χ3v) is 5.03. The lowest BCUT2D eigenvalue weighted by Gasteiger charge is -2.46. The highest BCUT2D eigenvalue weighted by Crippen LogP contribution is 2.41. The van der Waals surface area contributed by atoms with E-state index in [1.807, 2.05) is 0 Å². The fraction of sp³-hybridized carbons (Fsp3) is 0.455. The number of rotatable bonds is 2. The highest BCUT2D eigenvalue weighted by Gasteiger charge is 2.56. The number of hydrogen-bond acceptors (Lipinski definition) is 5. The second-order valence-corrected chi connectivity index (χ2v) is 6.72. The largest absolute Gasteiger partial charge is 0.477 e. The fourth-order valence-electron chi connectivity index (χ4n) is 2.36. The fourth-order valence-corrected chi connectivity index (χ4v) is 4.45. The van der Waals surface area contributed by atoms with Crippen molar-refractivity contribution in [2.75, 3.05) is 12.4 Å². The molecule has 1 saturated heterocycles. The van der Waals surface area contributed by atoms with Crippen molar-refractivity contribution in [1.29, 1.82) is 0 Å². The molecule has 1 amide bonds. The Labute approximate surface area is 109 Å². The molecule has 1 unspecified atom stereocenters. The van der Waals surface area contributed by atoms with Crippen LogP contribution in [0.5, 0.6) is 0 Å². The third kappa shape index (κ3) is 1.79. The number of fused-ring (bicyclic) bond motifs is 1. The Morgan fingerprint density at radius 1 is 1.42 bits per heavy atom. The summed E-state index contributed by atoms with van der Waals surface area (Å²) in [5.74, 6) is -2.59. The minimum absolute atomic E-state index is 0.121. The molecule has 0 aromatic heterocycles. The van der Waals surface area contributed by atoms with Gasteiger partial charge in [0.05, 0.1) is 17.9 Å². The molecule has 0 radical (unpaired) electrons. The number of aliphatic hydroxyl groups is 1. The number of aliphatic hydroxyl groups excluding tert-OH is 1. The molecule has 2 aliphatic rings. The molecule has 0 saturated carbocycles. The Morgan fingerprint density at radius 3 is 2.42 bits per heavy atom. The first-order chi connectivity index (χ1) is 8.72. The minimum Gasteiger partial charge on any atom is -0.477 e. The van der Waals surface area contributed by atoms with Gasteiger partial charge in [0.15, 0.2) is 15.2 Å². The number of allylic oxidation sites excluding steroid dienone is 1. The summed E-state index contributed by atoms with van der Waals surface area (Å²) in [6, 6.07) is 0. The van der Waals surface area contributed by atoms with Gasteiger partial charge in [-0.2, -0.15) is 0 Å². The molecule has 0 bridgehead atoms. The smallest absolute Gasteiger partial charge is 0.352 e. The maximum Gasteiger partial charge on any atom is 0.352 e. The number of sulfone groups is 1. The van der Waals surface area contributed by atoms with E-state index in [-0.39, 0.29) is 11.1 Å². The summed E-state index contributed by atoms with van der Waals surface area (Å²) in [6.45, 7) is 2.50. The molecule has 8 heteroatoms. The van der Waals surface area contributed by atoms with Crippen molar-refractivity contribution >= 4 is 21.7 Å². The number of carbonyl (C=O) groups excluding carboxylic acids is 1. The molecular weight excluding hydrogens is 274 g/mol. The first-order valence-electron chi connectivity index (χ1n) is 5.51. The van der Waals surface area contributed by atoms with Crippen molar-refractivity contribution in [1.82, 2.24) is 4.90 Å². The third-order valence-electron chi connectivity index (χ3n) is 3.15. The Bertz CT molecular complexity index is 638. The summed E-state index contributed by atoms with van der Waals surface area (Å²) in [5.41, 5.74) is 0.0879. The van der Waals surface area contributed by atoms with E-state index in [9.17, 15) is 18.0 Å². The quantitative estimate of drug-likeness (QED) is 0.510. The molecule has 1 fully saturated rings. The maximum atomic E-state index is 12.1. The molecular formula is C11H13NO6S. The average molecular weight is 287 g/mol. The first-order valence-corrected chi connectivity index (χ1v) is 7.22. The van der Waals surface area contributed by atoms with Crippen molar-refractivity contribution in [3.8, 4) is 0 Å². The zero-order chi connectivity index (χ0) is 14.5. The molecule has 2 rings (SSSR count). The summed E-state index contributed by atoms with van der Waals surface area (Å²) in [7, 11) is -3.71. The summed E-state index contributed by atoms with van der Waals surface area (Å²) in [4.78, 5) is 23.8. The molecule has 19 heavy (non-hydrogen) atoms. The Hall–Kier alpha value is -1.67. The van der Waals surface area contributed by atoms with Gasteiger partial charge in [0.25, 0.3) is 5.91 Å². The summed E-state index contributed by atoms with van der Waals surface area (Å²) in [5, 5.41) is 17.0. The van der Waals surface area contributed by atoms with Crippen molar-refractivity contribution in [3.05, 3.63) is 22.4 Å². The van der Waals surface area contributed by atoms with Crippen LogP contribution in [0.2, 0.25) is 0 Å². The van der Waals surface area contributed by atoms with E-state index in [1.54, 1.807) is 13.8 Å². The van der Waals surface area contributed by atoms with Crippen LogP contribution in [0.4, 0.5) is 0 Å². The molecule has 2 heterocycles. The molecule has 0 aliphatic carbocycles. The summed E-state index contributed by atoms with van der Waals surface area (Å²) >= 11 is 0. The van der Waals surface area contributed by atoms with Crippen molar-refractivity contribution in [3.63, 3.8) is 0 Å². The number of carboxylic acid groups (broad SMARTS) is 1. The predicted octanol–water partition coefficient (Wildman–Crippen LogP) is -0.749. The van der Waals surface area contributed by atoms with Crippen LogP contribution in [-0.4, -0.2) is 53.1 Å². The van der Waals surface area contributed by atoms with Gasteiger partial charge in [0.1, 0.15) is 5.70 Å². The van der Waals surface area contributed by atoms with Crippen LogP contribution in [-0.2, 0) is 19.4 Å². The summed E-state index contributed by atoms with van der Waals surface area (Å²) in [6.07, 6.45) is 0. The lowest BCUT2D eigenvalue weighted by Crippen LogP contribution is -2.62. The van der Waals surface area contributed by atoms with Gasteiger partial charge < -0.3 is 10.2 Å². The normalized spacial score (nSPS) is 25.0. The molecule has 7 nitrogen and oxygen atoms in total. The van der Waals surface area contributed by atoms with Crippen LogP contribution in [0.1, 0.15) is 13.8 Å². The number of hydrogen-bond donors (Lipinski definition) is 2. The van der Waals surface area contributed by atoms with Crippen molar-refractivity contribution in [2.24, 2.45) is 0 Å². The first kappa shape index (κ1) is 13.8. The van der Waals surface area contributed by atoms with E-state index < -0.39 is 45.1 Å². The number of β-lactam (4-membered cyclic amide) rings is 1. The van der Waals surface area contributed by atoms with Gasteiger partial charge >= 0.3 is 5.97 Å². The number of amides is 1. The molecule has 2 aliphatic heterocycles. The Kier molecular flexibility index (Phi) is 3.02. The van der Waals surface area contributed by atoms with Crippen molar-refractivity contribution < 1.29 is 28.2 Å². The maximum absolute atomic E-state index is 12.1. The Balaban J connectivity index is 2.67. The Morgan fingerprint density at radius 2 is 2.00 bits per heavy atom. The zero-order valence-corrected chi connectivity index (χ0v) is 11.2. The highest BCUT2D eigenvalue weighted by molar-refractivity contribution is 7.92. The van der Waals surface area contributed by atoms with Crippen molar-refractivity contribution in [2.45, 2.75) is 19.2 Å². The van der Waals surface area contributed by atoms with Gasteiger partial charge in [-0.3, -0.25) is 9.69 Å². The molecule has 2 N–H and O–H groups in total. The molecule has 0 aromatic carbocycles. The van der Waals surface area contributed by atoms with E-state index >= 15 is 0 Å². The highest BCUT2D eigenvalue weighted by atomic mass is 32.2. The van der Waals surface area contributed by atoms with E-state index in [0.29, 0.717) is 5.57 Å². The number of carboxylic acids is 1. The number of carbonyl (C=O) groups is 2. The minimum atomic E-state index is -3.71. The second kappa shape index (κ2) is 4.17. The van der Waals surface area contributed by atoms with E-state index in [2.05, 4.69) is 0 Å². The van der Waals surface area contributed by atoms with Crippen LogP contribution < -0.4 is 0 Å². The lowest BCUT2D eigenvalue weighted by atomic mass is 9.98. The lowest BCUT2D eigenvalue weighted by molar-refractivity contribution is -0.142. The van der Waals surface area contributed by atoms with E-state index in [1.165, 1.54) is 0 Å². The van der Waals surface area contributed by atoms with E-state index in [0.717, 1.165) is 4.90 Å². The van der Waals surface area contributed by atoms with Crippen LogP contribution in [0.3, 0.4) is 0 Å². The van der Waals surface area contributed by atoms with Gasteiger partial charge in [-0.05, 0) is 13.8 Å². The van der Waals surface area contributed by atoms with Crippen LogP contribution >= 0.6 is 0 Å². The standard InChI is InChI=1S/C11H13NO6S/c1-5(2)7-9(14)12-8(11(15)16)6(3-13)4-19(17,18)10(7)12/h10,13H,3-4H2,1-2H3,(H,15,16). The SMILES string of the molecule is CC(C)=C1C(=O)N2C(C(=O)O)=C(CO)CS(=O)(=O)C12. The van der Waals surface area contributed by atoms with Gasteiger partial charge in [0, 0.05) is 5.57 Å². The molecule has 1 atom stereocenters. The van der Waals surface area contributed by atoms with Crippen LogP contribution in [0.25, 0.3) is 0 Å². The predicted molar refractivity (Wildman–Crippen MR) is 64.5 cm³/mol. The van der Waals surface area contributed by atoms with E-state index in [4.69, 9.17) is 10.2 Å². The van der Waals surface area contributed by atoms with Gasteiger partial charge in [-0.15, -0.1) is 0 Å². The topological polar surface area (TPSA) is 112 Å². The van der Waals surface area contributed by atoms with Crippen LogP contribution in [0.15, 0.2) is 22.4 Å². The molecule has 0 spiro atoms. The monoisotopic (exact) mass is 287 g/mol. The second-order valence-electron chi connectivity index (χ2n) is 4.66. The van der Waals surface area contributed by atoms with Crippen LogP contribution in [0, 0.1) is 0 Å². The van der Waals surface area contributed by atoms with Gasteiger partial charge in [-0.1, -0.05) is 5.57 Å². The summed E-state index contributed by atoms with van der Waals surface area (Å²) < 4.78 is 24.1.